The van der Waals surface area contributed by atoms with Gasteiger partial charge in [-0.1, -0.05) is 60.7 Å². The number of hydrogen-bond acceptors (Lipinski definition) is 5. The quantitative estimate of drug-likeness (QED) is 0.575. The molecule has 0 fully saturated rings. The van der Waals surface area contributed by atoms with Crippen molar-refractivity contribution < 1.29 is 23.1 Å². The third-order valence-electron chi connectivity index (χ3n) is 4.53. The second-order valence-corrected chi connectivity index (χ2v) is 8.94. The maximum atomic E-state index is 13.2. The van der Waals surface area contributed by atoms with Crippen molar-refractivity contribution >= 4 is 21.8 Å². The molecule has 0 bridgehead atoms. The topological polar surface area (TPSA) is 107 Å². The summed E-state index contributed by atoms with van der Waals surface area (Å²) in [7, 11) is -2.26. The van der Waals surface area contributed by atoms with Gasteiger partial charge in [-0.2, -0.15) is 4.31 Å². The van der Waals surface area contributed by atoms with E-state index in [1.165, 1.54) is 11.9 Å². The summed E-state index contributed by atoms with van der Waals surface area (Å²) in [5.41, 5.74) is 1.38. The minimum atomic E-state index is -3.58. The molecular weight excluding hydrogens is 406 g/mol. The SMILES string of the molecule is CN(CC(=O)N(Cc1ccccc1)[C@H](C(=O)NCCO)c1ccccc1)S(C)(=O)=O. The van der Waals surface area contributed by atoms with Gasteiger partial charge >= 0.3 is 0 Å². The first-order valence-corrected chi connectivity index (χ1v) is 11.3. The van der Waals surface area contributed by atoms with Crippen LogP contribution in [0, 0.1) is 0 Å². The third-order valence-corrected chi connectivity index (χ3v) is 5.79. The lowest BCUT2D eigenvalue weighted by molar-refractivity contribution is -0.141. The lowest BCUT2D eigenvalue weighted by Crippen LogP contribution is -2.47. The molecule has 1 atom stereocenters. The third kappa shape index (κ3) is 6.65. The highest BCUT2D eigenvalue weighted by Gasteiger charge is 2.32. The van der Waals surface area contributed by atoms with Crippen LogP contribution in [0.4, 0.5) is 0 Å². The van der Waals surface area contributed by atoms with E-state index in [0.29, 0.717) is 5.56 Å². The molecule has 0 unspecified atom stereocenters. The Morgan fingerprint density at radius 3 is 2.13 bits per heavy atom. The van der Waals surface area contributed by atoms with Crippen molar-refractivity contribution in [2.45, 2.75) is 12.6 Å². The van der Waals surface area contributed by atoms with Gasteiger partial charge in [0.05, 0.1) is 19.4 Å². The molecule has 0 spiro atoms. The number of sulfonamides is 1. The van der Waals surface area contributed by atoms with E-state index in [0.717, 1.165) is 16.1 Å². The number of hydrogen-bond donors (Lipinski definition) is 2. The number of rotatable bonds is 10. The van der Waals surface area contributed by atoms with Gasteiger partial charge in [0.1, 0.15) is 6.04 Å². The van der Waals surface area contributed by atoms with Crippen LogP contribution in [0.2, 0.25) is 0 Å². The number of aliphatic hydroxyl groups is 1. The Kier molecular flexibility index (Phi) is 8.52. The maximum Gasteiger partial charge on any atom is 0.247 e. The summed E-state index contributed by atoms with van der Waals surface area (Å²) in [6.07, 6.45) is 1.02. The van der Waals surface area contributed by atoms with E-state index in [-0.39, 0.29) is 19.7 Å². The number of carbonyl (C=O) groups is 2. The summed E-state index contributed by atoms with van der Waals surface area (Å²) in [5, 5.41) is 11.7. The van der Waals surface area contributed by atoms with Crippen LogP contribution in [-0.4, -0.2) is 67.5 Å². The monoisotopic (exact) mass is 433 g/mol. The van der Waals surface area contributed by atoms with Gasteiger partial charge in [0, 0.05) is 20.1 Å². The number of carbonyl (C=O) groups excluding carboxylic acids is 2. The van der Waals surface area contributed by atoms with E-state index in [1.54, 1.807) is 30.3 Å². The first-order chi connectivity index (χ1) is 14.2. The van der Waals surface area contributed by atoms with Crippen molar-refractivity contribution in [2.75, 3.05) is 33.0 Å². The fourth-order valence-electron chi connectivity index (χ4n) is 2.89. The van der Waals surface area contributed by atoms with E-state index in [9.17, 15) is 18.0 Å². The first kappa shape index (κ1) is 23.5. The molecule has 2 aromatic rings. The number of likely N-dealkylation sites (N-methyl/N-ethyl adjacent to an activating group) is 1. The Balaban J connectivity index is 2.45. The van der Waals surface area contributed by atoms with Crippen molar-refractivity contribution in [1.29, 1.82) is 0 Å². The molecular formula is C21H27N3O5S. The molecule has 0 aromatic heterocycles. The normalized spacial score (nSPS) is 12.4. The van der Waals surface area contributed by atoms with Gasteiger partial charge < -0.3 is 15.3 Å². The summed E-state index contributed by atoms with van der Waals surface area (Å²) in [6, 6.07) is 16.9. The van der Waals surface area contributed by atoms with Crippen molar-refractivity contribution in [3.8, 4) is 0 Å². The summed E-state index contributed by atoms with van der Waals surface area (Å²) >= 11 is 0. The Bertz CT molecular complexity index is 936. The van der Waals surface area contributed by atoms with Crippen molar-refractivity contribution in [3.63, 3.8) is 0 Å². The first-order valence-electron chi connectivity index (χ1n) is 9.42. The zero-order chi connectivity index (χ0) is 22.1. The van der Waals surface area contributed by atoms with Gasteiger partial charge in [0.15, 0.2) is 0 Å². The molecule has 0 aliphatic rings. The molecule has 0 heterocycles. The van der Waals surface area contributed by atoms with Crippen LogP contribution in [0.1, 0.15) is 17.2 Å². The summed E-state index contributed by atoms with van der Waals surface area (Å²) in [4.78, 5) is 27.5. The average Bonchev–Trinajstić information content (AvgIpc) is 2.72. The number of amides is 2. The molecule has 2 rings (SSSR count). The maximum absolute atomic E-state index is 13.2. The van der Waals surface area contributed by atoms with Crippen LogP contribution in [0.5, 0.6) is 0 Å². The number of benzene rings is 2. The van der Waals surface area contributed by atoms with Crippen molar-refractivity contribution in [2.24, 2.45) is 0 Å². The smallest absolute Gasteiger partial charge is 0.247 e. The van der Waals surface area contributed by atoms with Gasteiger partial charge in [0.2, 0.25) is 21.8 Å². The molecule has 0 saturated carbocycles. The molecule has 30 heavy (non-hydrogen) atoms. The van der Waals surface area contributed by atoms with Gasteiger partial charge in [-0.3, -0.25) is 9.59 Å². The van der Waals surface area contributed by atoms with Crippen molar-refractivity contribution in [3.05, 3.63) is 71.8 Å². The van der Waals surface area contributed by atoms with E-state index < -0.39 is 34.4 Å². The zero-order valence-electron chi connectivity index (χ0n) is 17.1. The molecule has 0 radical (unpaired) electrons. The Labute approximate surface area is 177 Å². The second kappa shape index (κ2) is 10.9. The molecule has 0 saturated heterocycles. The fraction of sp³-hybridized carbons (Fsp3) is 0.333. The number of nitrogens with one attached hydrogen (secondary N) is 1. The molecule has 2 amide bonds. The average molecular weight is 434 g/mol. The van der Waals surface area contributed by atoms with E-state index >= 15 is 0 Å². The van der Waals surface area contributed by atoms with E-state index in [1.807, 2.05) is 30.3 Å². The Hall–Kier alpha value is -2.75. The lowest BCUT2D eigenvalue weighted by atomic mass is 10.0. The van der Waals surface area contributed by atoms with Crippen LogP contribution in [-0.2, 0) is 26.2 Å². The van der Waals surface area contributed by atoms with Gasteiger partial charge in [-0.05, 0) is 11.1 Å². The minimum absolute atomic E-state index is 0.0405. The molecule has 9 heteroatoms. The lowest BCUT2D eigenvalue weighted by Gasteiger charge is -2.32. The molecule has 2 N–H and O–H groups in total. The van der Waals surface area contributed by atoms with Crippen LogP contribution >= 0.6 is 0 Å². The molecule has 0 aliphatic heterocycles. The predicted molar refractivity (Wildman–Crippen MR) is 114 cm³/mol. The Morgan fingerprint density at radius 2 is 1.60 bits per heavy atom. The van der Waals surface area contributed by atoms with Crippen LogP contribution in [0.3, 0.4) is 0 Å². The predicted octanol–water partition coefficient (Wildman–Crippen LogP) is 0.756. The van der Waals surface area contributed by atoms with Crippen molar-refractivity contribution in [1.82, 2.24) is 14.5 Å². The molecule has 162 valence electrons. The highest BCUT2D eigenvalue weighted by atomic mass is 32.2. The minimum Gasteiger partial charge on any atom is -0.395 e. The molecule has 8 nitrogen and oxygen atoms in total. The molecule has 0 aliphatic carbocycles. The van der Waals surface area contributed by atoms with Crippen LogP contribution in [0.25, 0.3) is 0 Å². The number of aliphatic hydroxyl groups excluding tert-OH is 1. The summed E-state index contributed by atoms with van der Waals surface area (Å²) in [6.45, 7) is -0.485. The largest absolute Gasteiger partial charge is 0.395 e. The summed E-state index contributed by atoms with van der Waals surface area (Å²) in [5.74, 6) is -0.971. The summed E-state index contributed by atoms with van der Waals surface area (Å²) < 4.78 is 24.6. The fourth-order valence-corrected chi connectivity index (χ4v) is 3.23. The highest BCUT2D eigenvalue weighted by molar-refractivity contribution is 7.88. The Morgan fingerprint density at radius 1 is 1.03 bits per heavy atom. The van der Waals surface area contributed by atoms with Crippen LogP contribution < -0.4 is 5.32 Å². The second-order valence-electron chi connectivity index (χ2n) is 6.85. The number of nitrogens with zero attached hydrogens (tertiary/aromatic N) is 2. The highest BCUT2D eigenvalue weighted by Crippen LogP contribution is 2.24. The van der Waals surface area contributed by atoms with E-state index in [2.05, 4.69) is 5.32 Å². The van der Waals surface area contributed by atoms with Gasteiger partial charge in [-0.15, -0.1) is 0 Å². The standard InChI is InChI=1S/C21H27N3O5S/c1-23(30(2,28)29)16-19(26)24(15-17-9-5-3-6-10-17)20(21(27)22-13-14-25)18-11-7-4-8-12-18/h3-12,20,25H,13-16H2,1-2H3,(H,22,27)/t20-/m0/s1. The van der Waals surface area contributed by atoms with Gasteiger partial charge in [0.25, 0.3) is 0 Å². The van der Waals surface area contributed by atoms with E-state index in [4.69, 9.17) is 5.11 Å². The zero-order valence-corrected chi connectivity index (χ0v) is 17.9. The van der Waals surface area contributed by atoms with Gasteiger partial charge in [-0.25, -0.2) is 8.42 Å². The van der Waals surface area contributed by atoms with Crippen LogP contribution in [0.15, 0.2) is 60.7 Å². The molecule has 2 aromatic carbocycles.